The Labute approximate surface area is 115 Å². The standard InChI is InChI=1S/C12H17NO5S/c1-12(2,9(13)10(14)15)19-6-8-7(4-5-18-8)11(16)17-3/h4-5,9H,6,13H2,1-3H3,(H,14,15)/t9-/m1/s1. The van der Waals surface area contributed by atoms with E-state index in [1.54, 1.807) is 13.8 Å². The highest BCUT2D eigenvalue weighted by molar-refractivity contribution is 7.99. The third-order valence-corrected chi connectivity index (χ3v) is 4.15. The molecule has 0 aliphatic carbocycles. The van der Waals surface area contributed by atoms with Crippen LogP contribution in [0.3, 0.4) is 0 Å². The lowest BCUT2D eigenvalue weighted by Crippen LogP contribution is -2.46. The maximum absolute atomic E-state index is 11.5. The number of carbonyl (C=O) groups excluding carboxylic acids is 1. The zero-order valence-electron chi connectivity index (χ0n) is 11.0. The van der Waals surface area contributed by atoms with Gasteiger partial charge in [-0.15, -0.1) is 11.8 Å². The molecule has 19 heavy (non-hydrogen) atoms. The minimum atomic E-state index is -1.06. The fraction of sp³-hybridized carbons (Fsp3) is 0.500. The molecule has 0 unspecified atom stereocenters. The van der Waals surface area contributed by atoms with Crippen molar-refractivity contribution >= 4 is 23.7 Å². The van der Waals surface area contributed by atoms with E-state index in [0.29, 0.717) is 17.1 Å². The van der Waals surface area contributed by atoms with Gasteiger partial charge in [-0.05, 0) is 19.9 Å². The Balaban J connectivity index is 2.74. The van der Waals surface area contributed by atoms with E-state index in [1.807, 2.05) is 0 Å². The number of nitrogens with two attached hydrogens (primary N) is 1. The molecule has 1 aromatic rings. The van der Waals surface area contributed by atoms with E-state index in [-0.39, 0.29) is 0 Å². The lowest BCUT2D eigenvalue weighted by Gasteiger charge is -2.27. The lowest BCUT2D eigenvalue weighted by atomic mass is 10.1. The SMILES string of the molecule is COC(=O)c1ccoc1CSC(C)(C)[C@H](N)C(=O)O. The van der Waals surface area contributed by atoms with Crippen molar-refractivity contribution in [2.75, 3.05) is 7.11 Å². The molecule has 1 heterocycles. The molecule has 0 bridgehead atoms. The first kappa shape index (κ1) is 15.6. The summed E-state index contributed by atoms with van der Waals surface area (Å²) in [5, 5.41) is 8.92. The molecule has 106 valence electrons. The van der Waals surface area contributed by atoms with Gasteiger partial charge >= 0.3 is 11.9 Å². The van der Waals surface area contributed by atoms with Crippen LogP contribution in [-0.4, -0.2) is 34.9 Å². The van der Waals surface area contributed by atoms with E-state index in [4.69, 9.17) is 15.3 Å². The van der Waals surface area contributed by atoms with Gasteiger partial charge in [0, 0.05) is 4.75 Å². The zero-order valence-corrected chi connectivity index (χ0v) is 11.8. The minimum Gasteiger partial charge on any atom is -0.480 e. The van der Waals surface area contributed by atoms with Crippen molar-refractivity contribution in [1.29, 1.82) is 0 Å². The van der Waals surface area contributed by atoms with Crippen molar-refractivity contribution in [3.05, 3.63) is 23.7 Å². The Bertz CT molecular complexity index is 468. The van der Waals surface area contributed by atoms with Gasteiger partial charge in [0.2, 0.25) is 0 Å². The average Bonchev–Trinajstić information content (AvgIpc) is 2.82. The van der Waals surface area contributed by atoms with Crippen LogP contribution < -0.4 is 5.73 Å². The summed E-state index contributed by atoms with van der Waals surface area (Å²) in [7, 11) is 1.29. The number of esters is 1. The molecule has 1 rings (SSSR count). The molecule has 3 N–H and O–H groups in total. The van der Waals surface area contributed by atoms with E-state index >= 15 is 0 Å². The number of ether oxygens (including phenoxy) is 1. The summed E-state index contributed by atoms with van der Waals surface area (Å²) in [6.45, 7) is 3.47. The predicted molar refractivity (Wildman–Crippen MR) is 71.0 cm³/mol. The molecule has 0 spiro atoms. The Morgan fingerprint density at radius 1 is 1.58 bits per heavy atom. The minimum absolute atomic E-state index is 0.339. The molecule has 0 aromatic carbocycles. The second kappa shape index (κ2) is 6.12. The van der Waals surface area contributed by atoms with Crippen LogP contribution in [0.5, 0.6) is 0 Å². The van der Waals surface area contributed by atoms with E-state index < -0.39 is 22.7 Å². The highest BCUT2D eigenvalue weighted by atomic mass is 32.2. The van der Waals surface area contributed by atoms with E-state index in [2.05, 4.69) is 4.74 Å². The summed E-state index contributed by atoms with van der Waals surface area (Å²) < 4.78 is 9.15. The van der Waals surface area contributed by atoms with Crippen LogP contribution in [0.4, 0.5) is 0 Å². The van der Waals surface area contributed by atoms with Crippen LogP contribution in [0.15, 0.2) is 16.7 Å². The van der Waals surface area contributed by atoms with Gasteiger partial charge in [-0.2, -0.15) is 0 Å². The Morgan fingerprint density at radius 3 is 2.74 bits per heavy atom. The van der Waals surface area contributed by atoms with Gasteiger partial charge < -0.3 is 20.0 Å². The number of furan rings is 1. The Morgan fingerprint density at radius 2 is 2.21 bits per heavy atom. The molecule has 0 fully saturated rings. The molecule has 0 saturated heterocycles. The van der Waals surface area contributed by atoms with Gasteiger partial charge in [-0.25, -0.2) is 4.79 Å². The first-order chi connectivity index (χ1) is 8.79. The number of rotatable bonds is 6. The van der Waals surface area contributed by atoms with Crippen LogP contribution in [0.1, 0.15) is 30.0 Å². The van der Waals surface area contributed by atoms with Gasteiger partial charge in [0.25, 0.3) is 0 Å². The summed E-state index contributed by atoms with van der Waals surface area (Å²) >= 11 is 1.31. The molecular formula is C12H17NO5S. The summed E-state index contributed by atoms with van der Waals surface area (Å²) in [4.78, 5) is 22.3. The number of hydrogen-bond donors (Lipinski definition) is 2. The quantitative estimate of drug-likeness (QED) is 0.764. The molecule has 7 heteroatoms. The maximum atomic E-state index is 11.5. The van der Waals surface area contributed by atoms with Gasteiger partial charge in [0.05, 0.1) is 19.1 Å². The number of hydrogen-bond acceptors (Lipinski definition) is 6. The van der Waals surface area contributed by atoms with Crippen LogP contribution in [0.2, 0.25) is 0 Å². The van der Waals surface area contributed by atoms with Crippen molar-refractivity contribution in [2.45, 2.75) is 30.4 Å². The second-order valence-electron chi connectivity index (χ2n) is 4.46. The molecule has 6 nitrogen and oxygen atoms in total. The number of carbonyl (C=O) groups is 2. The van der Waals surface area contributed by atoms with Crippen molar-refractivity contribution in [1.82, 2.24) is 0 Å². The average molecular weight is 287 g/mol. The number of thioether (sulfide) groups is 1. The van der Waals surface area contributed by atoms with Crippen LogP contribution in [0, 0.1) is 0 Å². The van der Waals surface area contributed by atoms with Gasteiger partial charge in [0.1, 0.15) is 17.4 Å². The monoisotopic (exact) mass is 287 g/mol. The molecule has 0 aliphatic rings. The highest BCUT2D eigenvalue weighted by Gasteiger charge is 2.33. The molecule has 1 aromatic heterocycles. The normalized spacial score (nSPS) is 13.1. The second-order valence-corrected chi connectivity index (χ2v) is 6.09. The van der Waals surface area contributed by atoms with Crippen molar-refractivity contribution in [3.8, 4) is 0 Å². The van der Waals surface area contributed by atoms with Crippen molar-refractivity contribution < 1.29 is 23.8 Å². The van der Waals surface area contributed by atoms with Crippen LogP contribution in [-0.2, 0) is 15.3 Å². The van der Waals surface area contributed by atoms with E-state index in [1.165, 1.54) is 31.2 Å². The number of carboxylic acid groups (broad SMARTS) is 1. The zero-order chi connectivity index (χ0) is 14.6. The molecule has 1 atom stereocenters. The highest BCUT2D eigenvalue weighted by Crippen LogP contribution is 2.32. The van der Waals surface area contributed by atoms with E-state index in [9.17, 15) is 9.59 Å². The number of carboxylic acids is 1. The third-order valence-electron chi connectivity index (χ3n) is 2.74. The van der Waals surface area contributed by atoms with Crippen molar-refractivity contribution in [2.24, 2.45) is 5.73 Å². The molecule has 0 amide bonds. The smallest absolute Gasteiger partial charge is 0.341 e. The maximum Gasteiger partial charge on any atom is 0.341 e. The molecule has 0 radical (unpaired) electrons. The largest absolute Gasteiger partial charge is 0.480 e. The topological polar surface area (TPSA) is 103 Å². The van der Waals surface area contributed by atoms with E-state index in [0.717, 1.165) is 0 Å². The molecule has 0 aliphatic heterocycles. The summed E-state index contributed by atoms with van der Waals surface area (Å²) in [6.07, 6.45) is 1.40. The van der Waals surface area contributed by atoms with Gasteiger partial charge in [0.15, 0.2) is 0 Å². The van der Waals surface area contributed by atoms with Gasteiger partial charge in [-0.3, -0.25) is 4.79 Å². The fourth-order valence-corrected chi connectivity index (χ4v) is 2.39. The van der Waals surface area contributed by atoms with Crippen molar-refractivity contribution in [3.63, 3.8) is 0 Å². The lowest BCUT2D eigenvalue weighted by molar-refractivity contribution is -0.139. The summed E-state index contributed by atoms with van der Waals surface area (Å²) in [5.74, 6) is -0.761. The van der Waals surface area contributed by atoms with Crippen LogP contribution in [0.25, 0.3) is 0 Å². The third kappa shape index (κ3) is 3.74. The Hall–Kier alpha value is -1.47. The predicted octanol–water partition coefficient (Wildman–Crippen LogP) is 1.49. The first-order valence-electron chi connectivity index (χ1n) is 5.56. The van der Waals surface area contributed by atoms with Gasteiger partial charge in [-0.1, -0.05) is 0 Å². The van der Waals surface area contributed by atoms with Crippen LogP contribution >= 0.6 is 11.8 Å². The summed E-state index contributed by atoms with van der Waals surface area (Å²) in [5.41, 5.74) is 5.96. The fourth-order valence-electron chi connectivity index (χ4n) is 1.38. The summed E-state index contributed by atoms with van der Waals surface area (Å²) in [6, 6.07) is 0.514. The first-order valence-corrected chi connectivity index (χ1v) is 6.55. The molecular weight excluding hydrogens is 270 g/mol. The molecule has 0 saturated carbocycles. The number of aliphatic carboxylic acids is 1. The number of methoxy groups -OCH3 is 1. The Kier molecular flexibility index (Phi) is 5.02.